The van der Waals surface area contributed by atoms with Crippen molar-refractivity contribution in [3.05, 3.63) is 65.4 Å². The van der Waals surface area contributed by atoms with Crippen molar-refractivity contribution >= 4 is 5.91 Å². The van der Waals surface area contributed by atoms with Crippen molar-refractivity contribution in [2.45, 2.75) is 52.5 Å². The SMILES string of the molecule is Cc1cnc(Cc2ccc(CCNC(=O)CCCN(C)C)cc2)nc1-c1cnn(C(C)C)c1. The number of benzene rings is 1. The molecule has 0 fully saturated rings. The molecule has 176 valence electrons. The van der Waals surface area contributed by atoms with Crippen LogP contribution in [0, 0.1) is 6.92 Å². The Labute approximate surface area is 197 Å². The maximum absolute atomic E-state index is 11.9. The van der Waals surface area contributed by atoms with Crippen molar-refractivity contribution in [2.24, 2.45) is 0 Å². The fourth-order valence-corrected chi connectivity index (χ4v) is 3.60. The van der Waals surface area contributed by atoms with Crippen molar-refractivity contribution in [3.8, 4) is 11.3 Å². The van der Waals surface area contributed by atoms with Gasteiger partial charge in [0.1, 0.15) is 5.82 Å². The van der Waals surface area contributed by atoms with E-state index in [1.165, 1.54) is 11.1 Å². The van der Waals surface area contributed by atoms with Crippen molar-refractivity contribution in [3.63, 3.8) is 0 Å². The fraction of sp³-hybridized carbons (Fsp3) is 0.462. The maximum atomic E-state index is 11.9. The highest BCUT2D eigenvalue weighted by Gasteiger charge is 2.11. The van der Waals surface area contributed by atoms with E-state index in [-0.39, 0.29) is 5.91 Å². The van der Waals surface area contributed by atoms with Crippen LogP contribution in [0.5, 0.6) is 0 Å². The van der Waals surface area contributed by atoms with E-state index < -0.39 is 0 Å². The van der Waals surface area contributed by atoms with E-state index in [4.69, 9.17) is 4.98 Å². The van der Waals surface area contributed by atoms with Gasteiger partial charge in [-0.15, -0.1) is 0 Å². The molecule has 7 heteroatoms. The second kappa shape index (κ2) is 11.7. The molecule has 0 unspecified atom stereocenters. The molecule has 1 amide bonds. The van der Waals surface area contributed by atoms with E-state index in [1.807, 2.05) is 44.3 Å². The Morgan fingerprint density at radius 2 is 1.85 bits per heavy atom. The van der Waals surface area contributed by atoms with Gasteiger partial charge < -0.3 is 10.2 Å². The molecule has 2 aromatic heterocycles. The Morgan fingerprint density at radius 1 is 1.12 bits per heavy atom. The molecule has 1 aromatic carbocycles. The Balaban J connectivity index is 1.54. The molecular formula is C26H36N6O. The van der Waals surface area contributed by atoms with Crippen LogP contribution in [-0.2, 0) is 17.6 Å². The summed E-state index contributed by atoms with van der Waals surface area (Å²) < 4.78 is 1.95. The van der Waals surface area contributed by atoms with Gasteiger partial charge in [0.05, 0.1) is 11.9 Å². The third kappa shape index (κ3) is 7.49. The van der Waals surface area contributed by atoms with E-state index in [1.54, 1.807) is 0 Å². The van der Waals surface area contributed by atoms with Crippen LogP contribution >= 0.6 is 0 Å². The standard InChI is InChI=1S/C26H36N6O/c1-19(2)32-18-23(17-29-32)26-20(3)16-28-24(30-26)15-22-10-8-21(9-11-22)12-13-27-25(33)7-6-14-31(4)5/h8-11,16-19H,6-7,12-15H2,1-5H3,(H,27,33). The summed E-state index contributed by atoms with van der Waals surface area (Å²) in [5.74, 6) is 0.922. The van der Waals surface area contributed by atoms with Gasteiger partial charge in [-0.2, -0.15) is 5.10 Å². The lowest BCUT2D eigenvalue weighted by atomic mass is 10.1. The van der Waals surface area contributed by atoms with Crippen LogP contribution in [0.4, 0.5) is 0 Å². The summed E-state index contributed by atoms with van der Waals surface area (Å²) >= 11 is 0. The van der Waals surface area contributed by atoms with Gasteiger partial charge in [0, 0.05) is 43.4 Å². The summed E-state index contributed by atoms with van der Waals surface area (Å²) in [4.78, 5) is 23.4. The molecule has 0 atom stereocenters. The monoisotopic (exact) mass is 448 g/mol. The van der Waals surface area contributed by atoms with Gasteiger partial charge in [-0.25, -0.2) is 9.97 Å². The zero-order valence-electron chi connectivity index (χ0n) is 20.5. The lowest BCUT2D eigenvalue weighted by Gasteiger charge is -2.09. The predicted molar refractivity (Wildman–Crippen MR) is 132 cm³/mol. The number of hydrogen-bond donors (Lipinski definition) is 1. The largest absolute Gasteiger partial charge is 0.356 e. The molecule has 0 aliphatic rings. The minimum atomic E-state index is 0.125. The summed E-state index contributed by atoms with van der Waals surface area (Å²) in [6.45, 7) is 7.84. The highest BCUT2D eigenvalue weighted by molar-refractivity contribution is 5.75. The van der Waals surface area contributed by atoms with E-state index >= 15 is 0 Å². The molecule has 0 spiro atoms. The topological polar surface area (TPSA) is 75.9 Å². The summed E-state index contributed by atoms with van der Waals surface area (Å²) in [5.41, 5.74) is 5.37. The van der Waals surface area contributed by atoms with Gasteiger partial charge in [0.25, 0.3) is 0 Å². The van der Waals surface area contributed by atoms with E-state index in [0.717, 1.165) is 42.0 Å². The van der Waals surface area contributed by atoms with Crippen LogP contribution in [0.1, 0.15) is 55.2 Å². The molecule has 3 aromatic rings. The maximum Gasteiger partial charge on any atom is 0.220 e. The van der Waals surface area contributed by atoms with Gasteiger partial charge in [-0.3, -0.25) is 9.48 Å². The van der Waals surface area contributed by atoms with Crippen LogP contribution in [0.3, 0.4) is 0 Å². The lowest BCUT2D eigenvalue weighted by molar-refractivity contribution is -0.121. The van der Waals surface area contributed by atoms with Gasteiger partial charge in [-0.05, 0) is 70.9 Å². The first-order valence-electron chi connectivity index (χ1n) is 11.7. The number of carbonyl (C=O) groups excluding carboxylic acids is 1. The number of aromatic nitrogens is 4. The normalized spacial score (nSPS) is 11.4. The summed E-state index contributed by atoms with van der Waals surface area (Å²) in [5, 5.41) is 7.45. The number of hydrogen-bond acceptors (Lipinski definition) is 5. The van der Waals surface area contributed by atoms with E-state index in [9.17, 15) is 4.79 Å². The molecule has 33 heavy (non-hydrogen) atoms. The first-order chi connectivity index (χ1) is 15.8. The van der Waals surface area contributed by atoms with Crippen LogP contribution in [-0.4, -0.2) is 57.7 Å². The molecule has 0 saturated heterocycles. The van der Waals surface area contributed by atoms with Crippen LogP contribution in [0.2, 0.25) is 0 Å². The Bertz CT molecular complexity index is 1040. The van der Waals surface area contributed by atoms with Crippen molar-refractivity contribution in [2.75, 3.05) is 27.2 Å². The Hall–Kier alpha value is -3.06. The zero-order valence-corrected chi connectivity index (χ0v) is 20.5. The van der Waals surface area contributed by atoms with Crippen LogP contribution in [0.25, 0.3) is 11.3 Å². The summed E-state index contributed by atoms with van der Waals surface area (Å²) in [7, 11) is 4.04. The molecule has 3 rings (SSSR count). The summed E-state index contributed by atoms with van der Waals surface area (Å²) in [6, 6.07) is 8.79. The Kier molecular flexibility index (Phi) is 8.72. The molecule has 0 bridgehead atoms. The molecular weight excluding hydrogens is 412 g/mol. The highest BCUT2D eigenvalue weighted by Crippen LogP contribution is 2.22. The fourth-order valence-electron chi connectivity index (χ4n) is 3.60. The third-order valence-corrected chi connectivity index (χ3v) is 5.56. The molecule has 0 aliphatic heterocycles. The third-order valence-electron chi connectivity index (χ3n) is 5.56. The first kappa shape index (κ1) is 24.6. The van der Waals surface area contributed by atoms with Gasteiger partial charge in [0.15, 0.2) is 0 Å². The zero-order chi connectivity index (χ0) is 23.8. The van der Waals surface area contributed by atoms with Crippen LogP contribution < -0.4 is 5.32 Å². The first-order valence-corrected chi connectivity index (χ1v) is 11.7. The van der Waals surface area contributed by atoms with Gasteiger partial charge in [0.2, 0.25) is 5.91 Å². The van der Waals surface area contributed by atoms with Gasteiger partial charge >= 0.3 is 0 Å². The average Bonchev–Trinajstić information content (AvgIpc) is 3.26. The minimum Gasteiger partial charge on any atom is -0.356 e. The second-order valence-corrected chi connectivity index (χ2v) is 9.12. The number of nitrogens with one attached hydrogen (secondary N) is 1. The quantitative estimate of drug-likeness (QED) is 0.483. The molecule has 7 nitrogen and oxygen atoms in total. The van der Waals surface area contributed by atoms with Crippen molar-refractivity contribution < 1.29 is 4.79 Å². The number of carbonyl (C=O) groups is 1. The molecule has 2 heterocycles. The molecule has 1 N–H and O–H groups in total. The van der Waals surface area contributed by atoms with E-state index in [2.05, 4.69) is 58.4 Å². The van der Waals surface area contributed by atoms with Gasteiger partial charge in [-0.1, -0.05) is 24.3 Å². The number of amides is 1. The van der Waals surface area contributed by atoms with Crippen LogP contribution in [0.15, 0.2) is 42.9 Å². The number of nitrogens with zero attached hydrogens (tertiary/aromatic N) is 5. The number of aryl methyl sites for hydroxylation is 1. The van der Waals surface area contributed by atoms with Crippen molar-refractivity contribution in [1.29, 1.82) is 0 Å². The molecule has 0 radical (unpaired) electrons. The summed E-state index contributed by atoms with van der Waals surface area (Å²) in [6.07, 6.45) is 8.76. The minimum absolute atomic E-state index is 0.125. The molecule has 0 saturated carbocycles. The number of rotatable bonds is 11. The highest BCUT2D eigenvalue weighted by atomic mass is 16.1. The predicted octanol–water partition coefficient (Wildman–Crippen LogP) is 3.82. The average molecular weight is 449 g/mol. The van der Waals surface area contributed by atoms with E-state index in [0.29, 0.717) is 25.4 Å². The lowest BCUT2D eigenvalue weighted by Crippen LogP contribution is -2.26. The smallest absolute Gasteiger partial charge is 0.220 e. The second-order valence-electron chi connectivity index (χ2n) is 9.12. The Morgan fingerprint density at radius 3 is 2.52 bits per heavy atom. The van der Waals surface area contributed by atoms with Crippen molar-refractivity contribution in [1.82, 2.24) is 30.0 Å². The molecule has 0 aliphatic carbocycles.